The van der Waals surface area contributed by atoms with E-state index in [1.54, 1.807) is 11.8 Å². The fourth-order valence-corrected chi connectivity index (χ4v) is 4.22. The molecule has 1 aliphatic rings. The van der Waals surface area contributed by atoms with E-state index in [4.69, 9.17) is 0 Å². The minimum atomic E-state index is 0.485. The summed E-state index contributed by atoms with van der Waals surface area (Å²) in [5.74, 6) is 1.14. The van der Waals surface area contributed by atoms with Crippen LogP contribution < -0.4 is 0 Å². The Morgan fingerprint density at radius 2 is 1.94 bits per heavy atom. The number of aryl methyl sites for hydroxylation is 1. The van der Waals surface area contributed by atoms with E-state index in [1.165, 1.54) is 25.7 Å². The van der Waals surface area contributed by atoms with E-state index in [2.05, 4.69) is 25.9 Å². The largest absolute Gasteiger partial charge is 0.231 e. The van der Waals surface area contributed by atoms with Crippen molar-refractivity contribution in [1.82, 2.24) is 9.97 Å². The van der Waals surface area contributed by atoms with Gasteiger partial charge in [0.25, 0.3) is 0 Å². The Balaban J connectivity index is 1.93. The van der Waals surface area contributed by atoms with Crippen LogP contribution in [0.1, 0.15) is 31.2 Å². The van der Waals surface area contributed by atoms with Crippen molar-refractivity contribution in [1.29, 1.82) is 0 Å². The van der Waals surface area contributed by atoms with Crippen LogP contribution in [0.2, 0.25) is 0 Å². The molecule has 0 radical (unpaired) electrons. The lowest BCUT2D eigenvalue weighted by atomic mass is 9.92. The molecular weight excluding hydrogens is 284 g/mol. The Bertz CT molecular complexity index is 333. The van der Waals surface area contributed by atoms with E-state index in [0.717, 1.165) is 21.8 Å². The summed E-state index contributed by atoms with van der Waals surface area (Å²) < 4.78 is 0. The summed E-state index contributed by atoms with van der Waals surface area (Å²) in [5, 5.41) is 2.02. The molecule has 16 heavy (non-hydrogen) atoms. The topological polar surface area (TPSA) is 25.8 Å². The number of alkyl halides is 1. The minimum absolute atomic E-state index is 0.485. The van der Waals surface area contributed by atoms with Crippen molar-refractivity contribution in [3.63, 3.8) is 0 Å². The van der Waals surface area contributed by atoms with Crippen LogP contribution in [-0.4, -0.2) is 21.1 Å². The Morgan fingerprint density at radius 3 is 2.50 bits per heavy atom. The molecule has 0 saturated heterocycles. The van der Waals surface area contributed by atoms with Crippen LogP contribution in [0.25, 0.3) is 0 Å². The van der Waals surface area contributed by atoms with Gasteiger partial charge in [-0.1, -0.05) is 40.5 Å². The fourth-order valence-electron chi connectivity index (χ4n) is 2.11. The summed E-state index contributed by atoms with van der Waals surface area (Å²) in [6, 6.07) is 0. The lowest BCUT2D eigenvalue weighted by molar-refractivity contribution is 0.405. The van der Waals surface area contributed by atoms with Gasteiger partial charge in [0, 0.05) is 23.5 Å². The zero-order valence-corrected chi connectivity index (χ0v) is 12.0. The molecular formula is C12H17BrN2S. The summed E-state index contributed by atoms with van der Waals surface area (Å²) >= 11 is 5.46. The SMILES string of the molecule is Cc1cnc(SCC2(CBr)CCCC2)nc1. The number of aromatic nitrogens is 2. The van der Waals surface area contributed by atoms with Crippen molar-refractivity contribution in [3.05, 3.63) is 18.0 Å². The first kappa shape index (κ1) is 12.4. The predicted molar refractivity (Wildman–Crippen MR) is 72.2 cm³/mol. The van der Waals surface area contributed by atoms with Gasteiger partial charge < -0.3 is 0 Å². The van der Waals surface area contributed by atoms with Crippen molar-refractivity contribution >= 4 is 27.7 Å². The van der Waals surface area contributed by atoms with Crippen molar-refractivity contribution in [2.45, 2.75) is 37.8 Å². The van der Waals surface area contributed by atoms with Gasteiger partial charge in [-0.3, -0.25) is 0 Å². The van der Waals surface area contributed by atoms with Crippen LogP contribution in [0.4, 0.5) is 0 Å². The van der Waals surface area contributed by atoms with Crippen LogP contribution in [0, 0.1) is 12.3 Å². The molecule has 1 saturated carbocycles. The Hall–Kier alpha value is -0.0900. The van der Waals surface area contributed by atoms with Gasteiger partial charge in [-0.25, -0.2) is 9.97 Å². The first-order valence-corrected chi connectivity index (χ1v) is 7.82. The third kappa shape index (κ3) is 2.98. The molecule has 0 unspecified atom stereocenters. The van der Waals surface area contributed by atoms with E-state index in [0.29, 0.717) is 5.41 Å². The van der Waals surface area contributed by atoms with Crippen LogP contribution in [0.15, 0.2) is 17.6 Å². The molecule has 1 aliphatic carbocycles. The maximum Gasteiger partial charge on any atom is 0.187 e. The molecule has 0 bridgehead atoms. The number of halogens is 1. The second-order valence-electron chi connectivity index (χ2n) is 4.67. The molecule has 0 aliphatic heterocycles. The van der Waals surface area contributed by atoms with Gasteiger partial charge in [0.15, 0.2) is 5.16 Å². The molecule has 0 atom stereocenters. The standard InChI is InChI=1S/C12H17BrN2S/c1-10-6-14-11(15-7-10)16-9-12(8-13)4-2-3-5-12/h6-7H,2-5,8-9H2,1H3. The van der Waals surface area contributed by atoms with Gasteiger partial charge in [0.05, 0.1) is 0 Å². The monoisotopic (exact) mass is 300 g/mol. The smallest absolute Gasteiger partial charge is 0.187 e. The molecule has 0 N–H and O–H groups in total. The van der Waals surface area contributed by atoms with Crippen molar-refractivity contribution in [2.24, 2.45) is 5.41 Å². The molecule has 1 aromatic rings. The van der Waals surface area contributed by atoms with E-state index >= 15 is 0 Å². The molecule has 0 amide bonds. The first-order valence-electron chi connectivity index (χ1n) is 5.72. The van der Waals surface area contributed by atoms with E-state index in [-0.39, 0.29) is 0 Å². The highest BCUT2D eigenvalue weighted by Gasteiger charge is 2.32. The van der Waals surface area contributed by atoms with Crippen LogP contribution in [0.3, 0.4) is 0 Å². The number of nitrogens with zero attached hydrogens (tertiary/aromatic N) is 2. The number of hydrogen-bond donors (Lipinski definition) is 0. The summed E-state index contributed by atoms with van der Waals surface area (Å²) in [5.41, 5.74) is 1.61. The molecule has 0 spiro atoms. The third-order valence-corrected chi connectivity index (χ3v) is 5.63. The highest BCUT2D eigenvalue weighted by molar-refractivity contribution is 9.09. The summed E-state index contributed by atoms with van der Waals surface area (Å²) in [7, 11) is 0. The normalized spacial score (nSPS) is 18.9. The number of rotatable bonds is 4. The second-order valence-corrected chi connectivity index (χ2v) is 6.18. The molecule has 1 fully saturated rings. The van der Waals surface area contributed by atoms with Crippen molar-refractivity contribution in [2.75, 3.05) is 11.1 Å². The first-order chi connectivity index (χ1) is 7.74. The van der Waals surface area contributed by atoms with Gasteiger partial charge in [-0.05, 0) is 30.7 Å². The number of hydrogen-bond acceptors (Lipinski definition) is 3. The van der Waals surface area contributed by atoms with Crippen molar-refractivity contribution in [3.8, 4) is 0 Å². The van der Waals surface area contributed by atoms with Gasteiger partial charge >= 0.3 is 0 Å². The number of thioether (sulfide) groups is 1. The van der Waals surface area contributed by atoms with E-state index in [1.807, 2.05) is 19.3 Å². The zero-order chi connectivity index (χ0) is 11.4. The fraction of sp³-hybridized carbons (Fsp3) is 0.667. The average Bonchev–Trinajstić information content (AvgIpc) is 2.78. The third-order valence-electron chi connectivity index (χ3n) is 3.21. The van der Waals surface area contributed by atoms with E-state index in [9.17, 15) is 0 Å². The second kappa shape index (κ2) is 5.50. The molecule has 1 aromatic heterocycles. The zero-order valence-electron chi connectivity index (χ0n) is 9.58. The minimum Gasteiger partial charge on any atom is -0.231 e. The average molecular weight is 301 g/mol. The molecule has 2 rings (SSSR count). The Kier molecular flexibility index (Phi) is 4.25. The summed E-state index contributed by atoms with van der Waals surface area (Å²) in [4.78, 5) is 8.68. The molecule has 88 valence electrons. The van der Waals surface area contributed by atoms with Gasteiger partial charge in [0.2, 0.25) is 0 Å². The van der Waals surface area contributed by atoms with Gasteiger partial charge in [-0.15, -0.1) is 0 Å². The van der Waals surface area contributed by atoms with Crippen LogP contribution in [-0.2, 0) is 0 Å². The van der Waals surface area contributed by atoms with E-state index < -0.39 is 0 Å². The summed E-state index contributed by atoms with van der Waals surface area (Å²) in [6.45, 7) is 2.02. The van der Waals surface area contributed by atoms with Crippen molar-refractivity contribution < 1.29 is 0 Å². The van der Waals surface area contributed by atoms with Crippen LogP contribution in [0.5, 0.6) is 0 Å². The molecule has 2 nitrogen and oxygen atoms in total. The lowest BCUT2D eigenvalue weighted by Gasteiger charge is -2.25. The maximum atomic E-state index is 4.34. The Labute approximate surface area is 110 Å². The highest BCUT2D eigenvalue weighted by atomic mass is 79.9. The van der Waals surface area contributed by atoms with Crippen LogP contribution >= 0.6 is 27.7 Å². The maximum absolute atomic E-state index is 4.34. The van der Waals surface area contributed by atoms with Gasteiger partial charge in [-0.2, -0.15) is 0 Å². The van der Waals surface area contributed by atoms with Gasteiger partial charge in [0.1, 0.15) is 0 Å². The molecule has 0 aromatic carbocycles. The molecule has 4 heteroatoms. The quantitative estimate of drug-likeness (QED) is 0.480. The highest BCUT2D eigenvalue weighted by Crippen LogP contribution is 2.42. The molecule has 1 heterocycles. The predicted octanol–water partition coefficient (Wildman–Crippen LogP) is 3.83. The Morgan fingerprint density at radius 1 is 1.31 bits per heavy atom. The summed E-state index contributed by atoms with van der Waals surface area (Å²) in [6.07, 6.45) is 9.23. The lowest BCUT2D eigenvalue weighted by Crippen LogP contribution is -2.21.